The Hall–Kier alpha value is -1.79. The third-order valence-electron chi connectivity index (χ3n) is 2.44. The molecular weight excluding hydrogens is 188 g/mol. The number of nitrogens with zero attached hydrogens (tertiary/aromatic N) is 2. The van der Waals surface area contributed by atoms with Crippen LogP contribution in [0, 0.1) is 11.3 Å². The molecule has 1 aromatic rings. The molecule has 3 nitrogen and oxygen atoms in total. The van der Waals surface area contributed by atoms with Crippen molar-refractivity contribution in [3.8, 4) is 6.07 Å². The van der Waals surface area contributed by atoms with E-state index in [0.717, 1.165) is 11.3 Å². The van der Waals surface area contributed by atoms with Gasteiger partial charge in [0, 0.05) is 12.8 Å². The second kappa shape index (κ2) is 4.16. The van der Waals surface area contributed by atoms with Crippen molar-refractivity contribution in [2.75, 3.05) is 18.7 Å². The molecule has 3 heteroatoms. The third kappa shape index (κ3) is 1.72. The zero-order chi connectivity index (χ0) is 10.7. The van der Waals surface area contributed by atoms with Crippen molar-refractivity contribution in [1.29, 1.82) is 5.26 Å². The van der Waals surface area contributed by atoms with Gasteiger partial charge in [0.15, 0.2) is 0 Å². The number of rotatable bonds is 2. The van der Waals surface area contributed by atoms with Crippen LogP contribution in [0.3, 0.4) is 0 Å². The zero-order valence-corrected chi connectivity index (χ0v) is 8.55. The highest BCUT2D eigenvalue weighted by Crippen LogP contribution is 2.28. The average molecular weight is 200 g/mol. The Morgan fingerprint density at radius 1 is 1.47 bits per heavy atom. The summed E-state index contributed by atoms with van der Waals surface area (Å²) in [4.78, 5) is 1.94. The molecule has 1 unspecified atom stereocenters. The smallest absolute Gasteiger partial charge is 0.137 e. The summed E-state index contributed by atoms with van der Waals surface area (Å²) < 4.78 is 5.11. The zero-order valence-electron chi connectivity index (χ0n) is 8.55. The normalized spacial score (nSPS) is 18.4. The van der Waals surface area contributed by atoms with E-state index in [-0.39, 0.29) is 6.04 Å². The molecular formula is C12H12N2O. The number of para-hydroxylation sites is 1. The van der Waals surface area contributed by atoms with E-state index in [1.807, 2.05) is 41.3 Å². The molecule has 1 aliphatic heterocycles. The first-order valence-electron chi connectivity index (χ1n) is 4.79. The number of hydrogen-bond acceptors (Lipinski definition) is 3. The van der Waals surface area contributed by atoms with Crippen LogP contribution in [0.4, 0.5) is 5.69 Å². The highest BCUT2D eigenvalue weighted by molar-refractivity contribution is 5.73. The molecule has 0 aromatic heterocycles. The largest absolute Gasteiger partial charge is 0.364 e. The predicted octanol–water partition coefficient (Wildman–Crippen LogP) is 2.02. The highest BCUT2D eigenvalue weighted by atomic mass is 16.5. The summed E-state index contributed by atoms with van der Waals surface area (Å²) in [5.74, 6) is 0. The van der Waals surface area contributed by atoms with Crippen molar-refractivity contribution in [1.82, 2.24) is 0 Å². The van der Waals surface area contributed by atoms with Gasteiger partial charge in [0.2, 0.25) is 0 Å². The molecule has 1 heterocycles. The number of fused-ring (bicyclic) bond motifs is 1. The van der Waals surface area contributed by atoms with Gasteiger partial charge in [-0.1, -0.05) is 24.3 Å². The van der Waals surface area contributed by atoms with E-state index < -0.39 is 0 Å². The van der Waals surface area contributed by atoms with Gasteiger partial charge in [-0.3, -0.25) is 0 Å². The summed E-state index contributed by atoms with van der Waals surface area (Å²) >= 11 is 0. The van der Waals surface area contributed by atoms with E-state index in [1.165, 1.54) is 0 Å². The van der Waals surface area contributed by atoms with Gasteiger partial charge in [-0.15, -0.1) is 0 Å². The van der Waals surface area contributed by atoms with Gasteiger partial charge in [-0.2, -0.15) is 5.26 Å². The van der Waals surface area contributed by atoms with Gasteiger partial charge in [0.25, 0.3) is 0 Å². The summed E-state index contributed by atoms with van der Waals surface area (Å²) in [6.45, 7) is 0.430. The molecule has 0 N–H and O–H groups in total. The van der Waals surface area contributed by atoms with Gasteiger partial charge >= 0.3 is 0 Å². The monoisotopic (exact) mass is 200 g/mol. The summed E-state index contributed by atoms with van der Waals surface area (Å²) in [6.07, 6.45) is 3.87. The lowest BCUT2D eigenvalue weighted by Gasteiger charge is -2.30. The maximum Gasteiger partial charge on any atom is 0.137 e. The molecule has 2 rings (SSSR count). The van der Waals surface area contributed by atoms with E-state index in [2.05, 4.69) is 6.07 Å². The Morgan fingerprint density at radius 3 is 3.00 bits per heavy atom. The van der Waals surface area contributed by atoms with Crippen LogP contribution in [0.25, 0.3) is 6.08 Å². The van der Waals surface area contributed by atoms with Crippen LogP contribution in [0.1, 0.15) is 5.56 Å². The Kier molecular flexibility index (Phi) is 2.70. The van der Waals surface area contributed by atoms with E-state index in [0.29, 0.717) is 6.73 Å². The fraction of sp³-hybridized carbons (Fsp3) is 0.250. The van der Waals surface area contributed by atoms with Crippen LogP contribution in [0.2, 0.25) is 0 Å². The quantitative estimate of drug-likeness (QED) is 0.732. The van der Waals surface area contributed by atoms with Crippen LogP contribution < -0.4 is 4.90 Å². The summed E-state index contributed by atoms with van der Waals surface area (Å²) in [6, 6.07) is 9.99. The standard InChI is InChI=1S/C12H12N2O/c1-15-9-14-11(8-13)7-6-10-4-2-3-5-12(10)14/h2-7,11H,9H2,1H3. The van der Waals surface area contributed by atoms with Crippen molar-refractivity contribution in [3.05, 3.63) is 35.9 Å². The molecule has 1 atom stereocenters. The molecule has 0 fully saturated rings. The Bertz CT molecular complexity index is 420. The molecule has 0 aliphatic carbocycles. The third-order valence-corrected chi connectivity index (χ3v) is 2.44. The number of anilines is 1. The summed E-state index contributed by atoms with van der Waals surface area (Å²) in [7, 11) is 1.63. The molecule has 1 aliphatic rings. The molecule has 1 aromatic carbocycles. The van der Waals surface area contributed by atoms with E-state index in [4.69, 9.17) is 10.00 Å². The second-order valence-electron chi connectivity index (χ2n) is 3.38. The second-order valence-corrected chi connectivity index (χ2v) is 3.38. The lowest BCUT2D eigenvalue weighted by molar-refractivity contribution is 0.196. The molecule has 76 valence electrons. The van der Waals surface area contributed by atoms with E-state index in [9.17, 15) is 0 Å². The topological polar surface area (TPSA) is 36.3 Å². The fourth-order valence-electron chi connectivity index (χ4n) is 1.74. The molecule has 0 saturated carbocycles. The van der Waals surface area contributed by atoms with Crippen LogP contribution >= 0.6 is 0 Å². The number of ether oxygens (including phenoxy) is 1. The fourth-order valence-corrected chi connectivity index (χ4v) is 1.74. The van der Waals surface area contributed by atoms with Crippen molar-refractivity contribution >= 4 is 11.8 Å². The molecule has 0 spiro atoms. The first-order valence-corrected chi connectivity index (χ1v) is 4.79. The average Bonchev–Trinajstić information content (AvgIpc) is 2.30. The van der Waals surface area contributed by atoms with Crippen molar-refractivity contribution in [3.63, 3.8) is 0 Å². The first-order chi connectivity index (χ1) is 7.36. The maximum atomic E-state index is 9.02. The maximum absolute atomic E-state index is 9.02. The Labute approximate surface area is 89.2 Å². The molecule has 15 heavy (non-hydrogen) atoms. The minimum atomic E-state index is -0.236. The minimum absolute atomic E-state index is 0.236. The van der Waals surface area contributed by atoms with Crippen LogP contribution in [0.5, 0.6) is 0 Å². The lowest BCUT2D eigenvalue weighted by atomic mass is 10.0. The van der Waals surface area contributed by atoms with Gasteiger partial charge < -0.3 is 9.64 Å². The Morgan fingerprint density at radius 2 is 2.27 bits per heavy atom. The molecule has 0 bridgehead atoms. The van der Waals surface area contributed by atoms with Gasteiger partial charge in [-0.05, 0) is 17.7 Å². The van der Waals surface area contributed by atoms with E-state index in [1.54, 1.807) is 7.11 Å². The van der Waals surface area contributed by atoms with Crippen molar-refractivity contribution < 1.29 is 4.74 Å². The Balaban J connectivity index is 2.41. The first kappa shape index (κ1) is 9.75. The highest BCUT2D eigenvalue weighted by Gasteiger charge is 2.21. The molecule has 0 amide bonds. The molecule has 0 radical (unpaired) electrons. The van der Waals surface area contributed by atoms with Gasteiger partial charge in [0.05, 0.1) is 6.07 Å². The van der Waals surface area contributed by atoms with Crippen molar-refractivity contribution in [2.24, 2.45) is 0 Å². The van der Waals surface area contributed by atoms with Gasteiger partial charge in [0.1, 0.15) is 12.8 Å². The molecule has 0 saturated heterocycles. The minimum Gasteiger partial charge on any atom is -0.364 e. The number of hydrogen-bond donors (Lipinski definition) is 0. The SMILES string of the molecule is COCN1c2ccccc2C=CC1C#N. The lowest BCUT2D eigenvalue weighted by Crippen LogP contribution is -2.36. The van der Waals surface area contributed by atoms with Crippen molar-refractivity contribution in [2.45, 2.75) is 6.04 Å². The predicted molar refractivity (Wildman–Crippen MR) is 59.2 cm³/mol. The van der Waals surface area contributed by atoms with Gasteiger partial charge in [-0.25, -0.2) is 0 Å². The van der Waals surface area contributed by atoms with Crippen LogP contribution in [-0.2, 0) is 4.74 Å². The number of benzene rings is 1. The van der Waals surface area contributed by atoms with Crippen LogP contribution in [-0.4, -0.2) is 19.9 Å². The summed E-state index contributed by atoms with van der Waals surface area (Å²) in [5.41, 5.74) is 2.18. The van der Waals surface area contributed by atoms with E-state index >= 15 is 0 Å². The number of nitriles is 1. The summed E-state index contributed by atoms with van der Waals surface area (Å²) in [5, 5.41) is 9.02. The van der Waals surface area contributed by atoms with Crippen LogP contribution in [0.15, 0.2) is 30.3 Å². The number of methoxy groups -OCH3 is 1.